The quantitative estimate of drug-likeness (QED) is 0.903. The smallest absolute Gasteiger partial charge is 0.126 e. The third-order valence-electron chi connectivity index (χ3n) is 4.65. The Morgan fingerprint density at radius 2 is 2.00 bits per heavy atom. The van der Waals surface area contributed by atoms with Gasteiger partial charge in [0.15, 0.2) is 0 Å². The molecule has 106 valence electrons. The van der Waals surface area contributed by atoms with Gasteiger partial charge >= 0.3 is 0 Å². The number of methoxy groups -OCH3 is 1. The van der Waals surface area contributed by atoms with Crippen molar-refractivity contribution in [1.82, 2.24) is 0 Å². The molecule has 1 atom stereocenters. The Balaban J connectivity index is 2.25. The van der Waals surface area contributed by atoms with Crippen LogP contribution in [0.3, 0.4) is 0 Å². The summed E-state index contributed by atoms with van der Waals surface area (Å²) in [5.74, 6) is 0.536. The molecule has 1 unspecified atom stereocenters. The van der Waals surface area contributed by atoms with E-state index < -0.39 is 0 Å². The molecule has 19 heavy (non-hydrogen) atoms. The van der Waals surface area contributed by atoms with E-state index in [0.29, 0.717) is 5.56 Å². The van der Waals surface area contributed by atoms with E-state index in [2.05, 4.69) is 6.92 Å². The van der Waals surface area contributed by atoms with Crippen molar-refractivity contribution in [2.45, 2.75) is 51.2 Å². The predicted molar refractivity (Wildman–Crippen MR) is 75.4 cm³/mol. The number of hydrogen-bond acceptors (Lipinski definition) is 2. The number of ether oxygens (including phenoxy) is 1. The van der Waals surface area contributed by atoms with E-state index in [-0.39, 0.29) is 17.5 Å². The molecule has 0 bridgehead atoms. The van der Waals surface area contributed by atoms with Gasteiger partial charge in [-0.1, -0.05) is 19.1 Å². The molecule has 1 aromatic carbocycles. The summed E-state index contributed by atoms with van der Waals surface area (Å²) < 4.78 is 19.5. The van der Waals surface area contributed by atoms with Gasteiger partial charge in [0.05, 0.1) is 11.6 Å². The van der Waals surface area contributed by atoms with E-state index in [9.17, 15) is 4.39 Å². The van der Waals surface area contributed by atoms with Crippen molar-refractivity contribution in [2.75, 3.05) is 7.11 Å². The van der Waals surface area contributed by atoms with Crippen LogP contribution in [0, 0.1) is 18.7 Å². The summed E-state index contributed by atoms with van der Waals surface area (Å²) in [5, 5.41) is 0. The van der Waals surface area contributed by atoms with Crippen molar-refractivity contribution in [2.24, 2.45) is 11.7 Å². The summed E-state index contributed by atoms with van der Waals surface area (Å²) in [6.45, 7) is 4.02. The standard InChI is InChI=1S/C16H24FNO/c1-11-6-8-16(19-3,9-7-11)15(18)13-5-4-12(2)14(17)10-13/h4-5,10-11,15H,6-9,18H2,1-3H3. The third kappa shape index (κ3) is 2.82. The second kappa shape index (κ2) is 5.59. The van der Waals surface area contributed by atoms with Crippen molar-refractivity contribution < 1.29 is 9.13 Å². The van der Waals surface area contributed by atoms with Crippen molar-refractivity contribution in [3.8, 4) is 0 Å². The zero-order chi connectivity index (χ0) is 14.0. The lowest BCUT2D eigenvalue weighted by atomic mass is 9.73. The van der Waals surface area contributed by atoms with E-state index in [1.54, 1.807) is 26.2 Å². The van der Waals surface area contributed by atoms with Gasteiger partial charge in [-0.15, -0.1) is 0 Å². The van der Waals surface area contributed by atoms with Crippen LogP contribution >= 0.6 is 0 Å². The largest absolute Gasteiger partial charge is 0.376 e. The monoisotopic (exact) mass is 265 g/mol. The first-order valence-electron chi connectivity index (χ1n) is 7.05. The van der Waals surface area contributed by atoms with E-state index in [0.717, 1.165) is 37.2 Å². The molecule has 1 aliphatic carbocycles. The molecular weight excluding hydrogens is 241 g/mol. The molecular formula is C16H24FNO. The van der Waals surface area contributed by atoms with Crippen LogP contribution in [0.15, 0.2) is 18.2 Å². The summed E-state index contributed by atoms with van der Waals surface area (Å²) in [6.07, 6.45) is 4.13. The molecule has 1 fully saturated rings. The maximum Gasteiger partial charge on any atom is 0.126 e. The first-order valence-corrected chi connectivity index (χ1v) is 7.05. The van der Waals surface area contributed by atoms with Gasteiger partial charge in [0, 0.05) is 7.11 Å². The Kier molecular flexibility index (Phi) is 4.26. The minimum atomic E-state index is -0.339. The zero-order valence-electron chi connectivity index (χ0n) is 12.1. The lowest BCUT2D eigenvalue weighted by molar-refractivity contribution is -0.0672. The zero-order valence-corrected chi connectivity index (χ0v) is 12.1. The Labute approximate surface area is 115 Å². The van der Waals surface area contributed by atoms with Gasteiger partial charge in [0.25, 0.3) is 0 Å². The third-order valence-corrected chi connectivity index (χ3v) is 4.65. The Hall–Kier alpha value is -0.930. The summed E-state index contributed by atoms with van der Waals surface area (Å²) in [6, 6.07) is 5.00. The highest BCUT2D eigenvalue weighted by Crippen LogP contribution is 2.41. The topological polar surface area (TPSA) is 35.2 Å². The highest BCUT2D eigenvalue weighted by molar-refractivity contribution is 5.28. The average molecular weight is 265 g/mol. The molecule has 0 amide bonds. The van der Waals surface area contributed by atoms with Crippen LogP contribution in [0.1, 0.15) is 49.8 Å². The predicted octanol–water partition coefficient (Wildman–Crippen LogP) is 3.73. The fourth-order valence-electron chi connectivity index (χ4n) is 3.00. The Morgan fingerprint density at radius 3 is 2.53 bits per heavy atom. The van der Waals surface area contributed by atoms with E-state index in [1.807, 2.05) is 6.07 Å². The molecule has 1 aromatic rings. The summed E-state index contributed by atoms with van der Waals surface area (Å²) in [7, 11) is 1.72. The molecule has 0 saturated heterocycles. The number of halogens is 1. The molecule has 1 saturated carbocycles. The highest BCUT2D eigenvalue weighted by atomic mass is 19.1. The van der Waals surface area contributed by atoms with Gasteiger partial charge in [-0.25, -0.2) is 4.39 Å². The number of aryl methyl sites for hydroxylation is 1. The van der Waals surface area contributed by atoms with Crippen LogP contribution in [-0.4, -0.2) is 12.7 Å². The highest BCUT2D eigenvalue weighted by Gasteiger charge is 2.40. The lowest BCUT2D eigenvalue weighted by Crippen LogP contribution is -2.45. The molecule has 0 aliphatic heterocycles. The Morgan fingerprint density at radius 1 is 1.37 bits per heavy atom. The molecule has 0 spiro atoms. The van der Waals surface area contributed by atoms with Crippen LogP contribution < -0.4 is 5.73 Å². The second-order valence-corrected chi connectivity index (χ2v) is 5.94. The molecule has 0 heterocycles. The van der Waals surface area contributed by atoms with E-state index >= 15 is 0 Å². The number of nitrogens with two attached hydrogens (primary N) is 1. The van der Waals surface area contributed by atoms with Crippen LogP contribution in [0.2, 0.25) is 0 Å². The van der Waals surface area contributed by atoms with Gasteiger partial charge in [-0.3, -0.25) is 0 Å². The molecule has 1 aliphatic rings. The fourth-order valence-corrected chi connectivity index (χ4v) is 3.00. The first kappa shape index (κ1) is 14.5. The van der Waals surface area contributed by atoms with E-state index in [4.69, 9.17) is 10.5 Å². The van der Waals surface area contributed by atoms with E-state index in [1.165, 1.54) is 0 Å². The minimum absolute atomic E-state index is 0.191. The number of hydrogen-bond donors (Lipinski definition) is 1. The van der Waals surface area contributed by atoms with Crippen molar-refractivity contribution in [3.63, 3.8) is 0 Å². The molecule has 2 N–H and O–H groups in total. The Bertz CT molecular complexity index is 438. The molecule has 0 aromatic heterocycles. The molecule has 0 radical (unpaired) electrons. The molecule has 2 nitrogen and oxygen atoms in total. The van der Waals surface area contributed by atoms with Crippen molar-refractivity contribution >= 4 is 0 Å². The van der Waals surface area contributed by atoms with Gasteiger partial charge in [-0.05, 0) is 55.7 Å². The lowest BCUT2D eigenvalue weighted by Gasteiger charge is -2.42. The first-order chi connectivity index (χ1) is 8.98. The summed E-state index contributed by atoms with van der Waals surface area (Å²) in [5.41, 5.74) is 7.53. The minimum Gasteiger partial charge on any atom is -0.376 e. The number of rotatable bonds is 3. The van der Waals surface area contributed by atoms with Crippen molar-refractivity contribution in [1.29, 1.82) is 0 Å². The van der Waals surface area contributed by atoms with Gasteiger partial charge < -0.3 is 10.5 Å². The maximum absolute atomic E-state index is 13.7. The SMILES string of the molecule is COC1(C(N)c2ccc(C)c(F)c2)CCC(C)CC1. The second-order valence-electron chi connectivity index (χ2n) is 5.94. The van der Waals surface area contributed by atoms with Gasteiger partial charge in [-0.2, -0.15) is 0 Å². The van der Waals surface area contributed by atoms with Crippen LogP contribution in [0.5, 0.6) is 0 Å². The average Bonchev–Trinajstić information content (AvgIpc) is 2.42. The maximum atomic E-state index is 13.7. The normalized spacial score (nSPS) is 29.2. The van der Waals surface area contributed by atoms with Crippen LogP contribution in [0.25, 0.3) is 0 Å². The number of benzene rings is 1. The van der Waals surface area contributed by atoms with Crippen LogP contribution in [0.4, 0.5) is 4.39 Å². The summed E-state index contributed by atoms with van der Waals surface area (Å²) >= 11 is 0. The van der Waals surface area contributed by atoms with Gasteiger partial charge in [0.2, 0.25) is 0 Å². The van der Waals surface area contributed by atoms with Crippen molar-refractivity contribution in [3.05, 3.63) is 35.1 Å². The molecule has 2 rings (SSSR count). The van der Waals surface area contributed by atoms with Gasteiger partial charge in [0.1, 0.15) is 5.82 Å². The fraction of sp³-hybridized carbons (Fsp3) is 0.625. The summed E-state index contributed by atoms with van der Waals surface area (Å²) in [4.78, 5) is 0. The molecule has 3 heteroatoms. The van der Waals surface area contributed by atoms with Crippen LogP contribution in [-0.2, 0) is 4.74 Å².